The van der Waals surface area contributed by atoms with Crippen molar-refractivity contribution < 1.29 is 4.79 Å². The van der Waals surface area contributed by atoms with Crippen molar-refractivity contribution in [3.05, 3.63) is 18.3 Å². The number of rotatable bonds is 5. The van der Waals surface area contributed by atoms with Crippen LogP contribution in [0.3, 0.4) is 0 Å². The minimum atomic E-state index is 0.177. The summed E-state index contributed by atoms with van der Waals surface area (Å²) in [6.07, 6.45) is 3.24. The van der Waals surface area contributed by atoms with Crippen LogP contribution in [0.15, 0.2) is 23.2 Å². The largest absolute Gasteiger partial charge is 0.384 e. The number of nitrogens with zero attached hydrogens (tertiary/aromatic N) is 2. The van der Waals surface area contributed by atoms with Crippen LogP contribution in [0.1, 0.15) is 12.8 Å². The lowest BCUT2D eigenvalue weighted by molar-refractivity contribution is -0.128. The van der Waals surface area contributed by atoms with Crippen LogP contribution in [0.4, 0.5) is 5.82 Å². The number of pyridine rings is 1. The second-order valence-electron chi connectivity index (χ2n) is 3.66. The van der Waals surface area contributed by atoms with E-state index in [1.54, 1.807) is 43.0 Å². The lowest BCUT2D eigenvalue weighted by Gasteiger charge is -2.09. The van der Waals surface area contributed by atoms with E-state index in [-0.39, 0.29) is 5.91 Å². The van der Waals surface area contributed by atoms with E-state index in [9.17, 15) is 4.79 Å². The van der Waals surface area contributed by atoms with E-state index < -0.39 is 0 Å². The second-order valence-corrected chi connectivity index (χ2v) is 4.83. The lowest BCUT2D eigenvalue weighted by atomic mass is 10.3. The molecule has 0 unspecified atom stereocenters. The molecule has 0 radical (unpaired) electrons. The molecule has 0 bridgehead atoms. The van der Waals surface area contributed by atoms with E-state index in [0.717, 1.165) is 17.1 Å². The summed E-state index contributed by atoms with van der Waals surface area (Å²) in [5, 5.41) is 0. The first-order valence-corrected chi connectivity index (χ1v) is 6.12. The number of thioether (sulfide) groups is 1. The van der Waals surface area contributed by atoms with Gasteiger partial charge in [-0.05, 0) is 24.3 Å². The smallest absolute Gasteiger partial charge is 0.222 e. The topological polar surface area (TPSA) is 59.2 Å². The number of hydrogen-bond acceptors (Lipinski definition) is 4. The predicted molar refractivity (Wildman–Crippen MR) is 67.3 cm³/mol. The van der Waals surface area contributed by atoms with Crippen molar-refractivity contribution in [2.75, 3.05) is 25.6 Å². The summed E-state index contributed by atoms with van der Waals surface area (Å²) in [5.41, 5.74) is 5.48. The van der Waals surface area contributed by atoms with Crippen LogP contribution < -0.4 is 5.73 Å². The Hall–Kier alpha value is -1.23. The predicted octanol–water partition coefficient (Wildman–Crippen LogP) is 1.62. The van der Waals surface area contributed by atoms with Crippen LogP contribution in [-0.2, 0) is 4.79 Å². The van der Waals surface area contributed by atoms with Gasteiger partial charge in [-0.1, -0.05) is 0 Å². The number of nitrogens with two attached hydrogens (primary N) is 1. The molecule has 1 amide bonds. The normalized spacial score (nSPS) is 10.1. The number of hydrogen-bond donors (Lipinski definition) is 1. The van der Waals surface area contributed by atoms with Crippen molar-refractivity contribution in [3.8, 4) is 0 Å². The van der Waals surface area contributed by atoms with Gasteiger partial charge in [-0.15, -0.1) is 11.8 Å². The van der Waals surface area contributed by atoms with Crippen molar-refractivity contribution in [3.63, 3.8) is 0 Å². The molecular formula is C11H17N3OS. The summed E-state index contributed by atoms with van der Waals surface area (Å²) in [5.74, 6) is 1.63. The van der Waals surface area contributed by atoms with E-state index in [1.165, 1.54) is 0 Å². The van der Waals surface area contributed by atoms with Gasteiger partial charge in [0.2, 0.25) is 5.91 Å². The molecule has 1 rings (SSSR count). The Labute approximate surface area is 100 Å². The van der Waals surface area contributed by atoms with Crippen LogP contribution in [0.2, 0.25) is 0 Å². The Balaban J connectivity index is 2.21. The highest BCUT2D eigenvalue weighted by Gasteiger charge is 2.03. The van der Waals surface area contributed by atoms with E-state index in [4.69, 9.17) is 5.73 Å². The molecular weight excluding hydrogens is 222 g/mol. The third kappa shape index (κ3) is 4.53. The molecule has 5 heteroatoms. The first-order valence-electron chi connectivity index (χ1n) is 5.14. The van der Waals surface area contributed by atoms with Crippen LogP contribution in [0.5, 0.6) is 0 Å². The molecule has 1 aromatic heterocycles. The zero-order chi connectivity index (χ0) is 12.0. The fourth-order valence-corrected chi connectivity index (χ4v) is 1.93. The third-order valence-electron chi connectivity index (χ3n) is 2.06. The molecule has 88 valence electrons. The highest BCUT2D eigenvalue weighted by Crippen LogP contribution is 2.18. The molecule has 0 spiro atoms. The highest BCUT2D eigenvalue weighted by molar-refractivity contribution is 7.99. The summed E-state index contributed by atoms with van der Waals surface area (Å²) in [7, 11) is 3.55. The number of carbonyl (C=O) groups excluding carboxylic acids is 1. The Kier molecular flexibility index (Phi) is 5.11. The molecule has 0 atom stereocenters. The maximum absolute atomic E-state index is 11.3. The standard InChI is InChI=1S/C11H17N3OS/c1-14(2)11(15)4-3-7-16-9-5-6-10(12)13-8-9/h5-6,8H,3-4,7H2,1-2H3,(H2,12,13). The van der Waals surface area contributed by atoms with Gasteiger partial charge < -0.3 is 10.6 Å². The van der Waals surface area contributed by atoms with E-state index in [1.807, 2.05) is 6.07 Å². The molecule has 0 aliphatic rings. The number of anilines is 1. The van der Waals surface area contributed by atoms with Gasteiger partial charge >= 0.3 is 0 Å². The van der Waals surface area contributed by atoms with Gasteiger partial charge in [-0.3, -0.25) is 4.79 Å². The Morgan fingerprint density at radius 1 is 1.50 bits per heavy atom. The molecule has 4 nitrogen and oxygen atoms in total. The second kappa shape index (κ2) is 6.37. The fraction of sp³-hybridized carbons (Fsp3) is 0.455. The molecule has 0 aliphatic heterocycles. The Morgan fingerprint density at radius 2 is 2.25 bits per heavy atom. The quantitative estimate of drug-likeness (QED) is 0.626. The summed E-state index contributed by atoms with van der Waals surface area (Å²) in [6, 6.07) is 3.73. The minimum absolute atomic E-state index is 0.177. The van der Waals surface area contributed by atoms with Crippen LogP contribution in [-0.4, -0.2) is 35.6 Å². The zero-order valence-electron chi connectivity index (χ0n) is 9.64. The number of aromatic nitrogens is 1. The fourth-order valence-electron chi connectivity index (χ4n) is 1.11. The Morgan fingerprint density at radius 3 is 2.81 bits per heavy atom. The van der Waals surface area contributed by atoms with Crippen molar-refractivity contribution in [1.82, 2.24) is 9.88 Å². The van der Waals surface area contributed by atoms with Gasteiger partial charge in [0.25, 0.3) is 0 Å². The van der Waals surface area contributed by atoms with E-state index in [0.29, 0.717) is 12.2 Å². The van der Waals surface area contributed by atoms with Gasteiger partial charge in [-0.25, -0.2) is 4.98 Å². The minimum Gasteiger partial charge on any atom is -0.384 e. The third-order valence-corrected chi connectivity index (χ3v) is 3.13. The van der Waals surface area contributed by atoms with Crippen LogP contribution >= 0.6 is 11.8 Å². The molecule has 0 aromatic carbocycles. The Bertz CT molecular complexity index is 338. The van der Waals surface area contributed by atoms with Gasteiger partial charge in [-0.2, -0.15) is 0 Å². The maximum Gasteiger partial charge on any atom is 0.222 e. The maximum atomic E-state index is 11.3. The van der Waals surface area contributed by atoms with Crippen LogP contribution in [0, 0.1) is 0 Å². The first-order chi connectivity index (χ1) is 7.59. The molecule has 2 N–H and O–H groups in total. The summed E-state index contributed by atoms with van der Waals surface area (Å²) >= 11 is 1.69. The zero-order valence-corrected chi connectivity index (χ0v) is 10.5. The first kappa shape index (κ1) is 12.8. The van der Waals surface area contributed by atoms with Gasteiger partial charge in [0, 0.05) is 31.6 Å². The average Bonchev–Trinajstić information content (AvgIpc) is 2.26. The lowest BCUT2D eigenvalue weighted by Crippen LogP contribution is -2.21. The molecule has 0 aliphatic carbocycles. The number of amides is 1. The monoisotopic (exact) mass is 239 g/mol. The molecule has 0 saturated heterocycles. The van der Waals surface area contributed by atoms with Crippen molar-refractivity contribution in [2.24, 2.45) is 0 Å². The molecule has 1 aromatic rings. The molecule has 16 heavy (non-hydrogen) atoms. The van der Waals surface area contributed by atoms with Crippen molar-refractivity contribution >= 4 is 23.5 Å². The van der Waals surface area contributed by atoms with E-state index >= 15 is 0 Å². The van der Waals surface area contributed by atoms with E-state index in [2.05, 4.69) is 4.98 Å². The molecule has 1 heterocycles. The van der Waals surface area contributed by atoms with Crippen molar-refractivity contribution in [1.29, 1.82) is 0 Å². The van der Waals surface area contributed by atoms with Crippen molar-refractivity contribution in [2.45, 2.75) is 17.7 Å². The number of carbonyl (C=O) groups is 1. The highest BCUT2D eigenvalue weighted by atomic mass is 32.2. The van der Waals surface area contributed by atoms with Gasteiger partial charge in [0.1, 0.15) is 5.82 Å². The van der Waals surface area contributed by atoms with Gasteiger partial charge in [0.05, 0.1) is 0 Å². The average molecular weight is 239 g/mol. The summed E-state index contributed by atoms with van der Waals surface area (Å²) in [6.45, 7) is 0. The summed E-state index contributed by atoms with van der Waals surface area (Å²) in [4.78, 5) is 18.0. The summed E-state index contributed by atoms with van der Waals surface area (Å²) < 4.78 is 0. The van der Waals surface area contributed by atoms with Gasteiger partial charge in [0.15, 0.2) is 0 Å². The van der Waals surface area contributed by atoms with Crippen LogP contribution in [0.25, 0.3) is 0 Å². The SMILES string of the molecule is CN(C)C(=O)CCCSc1ccc(N)nc1. The number of nitrogen functional groups attached to an aromatic ring is 1. The molecule has 0 saturated carbocycles. The molecule has 0 fully saturated rings.